The van der Waals surface area contributed by atoms with Crippen LogP contribution < -0.4 is 0 Å². The molecule has 1 aliphatic rings. The average Bonchev–Trinajstić information content (AvgIpc) is 3.02. The van der Waals surface area contributed by atoms with Crippen LogP contribution in [-0.4, -0.2) is 38.0 Å². The molecule has 0 amide bonds. The molecule has 3 heterocycles. The van der Waals surface area contributed by atoms with Gasteiger partial charge in [0.25, 0.3) is 0 Å². The summed E-state index contributed by atoms with van der Waals surface area (Å²) in [4.78, 5) is 4.52. The van der Waals surface area contributed by atoms with E-state index in [1.807, 2.05) is 0 Å². The van der Waals surface area contributed by atoms with Gasteiger partial charge in [0.15, 0.2) is 5.65 Å². The highest BCUT2D eigenvalue weighted by Crippen LogP contribution is 2.35. The van der Waals surface area contributed by atoms with Gasteiger partial charge in [-0.25, -0.2) is 4.98 Å². The largest absolute Gasteiger partial charge is 0.452 e. The Hall–Kier alpha value is -1.87. The fourth-order valence-electron chi connectivity index (χ4n) is 2.77. The molecule has 0 bridgehead atoms. The van der Waals surface area contributed by atoms with Crippen LogP contribution in [0.2, 0.25) is 0 Å². The molecule has 5 nitrogen and oxygen atoms in total. The van der Waals surface area contributed by atoms with Crippen molar-refractivity contribution in [1.29, 1.82) is 0 Å². The Kier molecular flexibility index (Phi) is 3.84. The minimum Gasteiger partial charge on any atom is -0.381 e. The van der Waals surface area contributed by atoms with Crippen molar-refractivity contribution in [2.75, 3.05) is 13.2 Å². The van der Waals surface area contributed by atoms with Crippen molar-refractivity contribution in [1.82, 2.24) is 19.6 Å². The van der Waals surface area contributed by atoms with Gasteiger partial charge < -0.3 is 4.74 Å². The molecule has 1 aliphatic heterocycles. The molecule has 0 unspecified atom stereocenters. The molecule has 4 rings (SSSR count). The van der Waals surface area contributed by atoms with Gasteiger partial charge in [-0.2, -0.15) is 13.2 Å². The lowest BCUT2D eigenvalue weighted by molar-refractivity contribution is -0.145. The van der Waals surface area contributed by atoms with Crippen molar-refractivity contribution >= 4 is 28.4 Å². The summed E-state index contributed by atoms with van der Waals surface area (Å²) in [5.41, 5.74) is 0.989. The number of hydrogen-bond donors (Lipinski definition) is 0. The van der Waals surface area contributed by atoms with Gasteiger partial charge in [0.05, 0.1) is 11.0 Å². The molecule has 0 N–H and O–H groups in total. The second-order valence-corrected chi connectivity index (χ2v) is 6.80. The van der Waals surface area contributed by atoms with Gasteiger partial charge in [-0.15, -0.1) is 10.2 Å². The molecular formula is C15H13F3N4OS. The second kappa shape index (κ2) is 5.89. The standard InChI is InChI=1S/C15H13F3N4OS/c16-15(17,18)14-21-20-12-13(24-9-5-7-23-8-6-9)19-10-3-1-2-4-11(10)22(12)14/h1-4,9H,5-8H2. The number of nitrogens with zero attached hydrogens (tertiary/aromatic N) is 4. The van der Waals surface area contributed by atoms with E-state index in [1.165, 1.54) is 11.8 Å². The summed E-state index contributed by atoms with van der Waals surface area (Å²) < 4.78 is 46.3. The van der Waals surface area contributed by atoms with E-state index in [4.69, 9.17) is 4.74 Å². The molecule has 0 radical (unpaired) electrons. The molecule has 0 aliphatic carbocycles. The molecule has 1 saturated heterocycles. The first-order valence-corrected chi connectivity index (χ1v) is 8.37. The summed E-state index contributed by atoms with van der Waals surface area (Å²) in [6, 6.07) is 6.72. The lowest BCUT2D eigenvalue weighted by Crippen LogP contribution is -2.18. The maximum Gasteiger partial charge on any atom is 0.452 e. The smallest absolute Gasteiger partial charge is 0.381 e. The number of fused-ring (bicyclic) bond motifs is 3. The summed E-state index contributed by atoms with van der Waals surface area (Å²) in [5.74, 6) is -1.02. The number of rotatable bonds is 2. The SMILES string of the molecule is FC(F)(F)c1nnc2c(SC3CCOCC3)nc3ccccc3n12. The third-order valence-corrected chi connectivity index (χ3v) is 5.20. The molecule has 0 atom stereocenters. The van der Waals surface area contributed by atoms with E-state index in [0.29, 0.717) is 29.3 Å². The first-order chi connectivity index (χ1) is 11.5. The maximum atomic E-state index is 13.3. The zero-order valence-corrected chi connectivity index (χ0v) is 13.3. The normalized spacial score (nSPS) is 17.0. The third-order valence-electron chi connectivity index (χ3n) is 3.90. The van der Waals surface area contributed by atoms with Gasteiger partial charge >= 0.3 is 6.18 Å². The molecular weight excluding hydrogens is 341 g/mol. The topological polar surface area (TPSA) is 52.3 Å². The minimum atomic E-state index is -4.58. The van der Waals surface area contributed by atoms with E-state index in [2.05, 4.69) is 15.2 Å². The molecule has 24 heavy (non-hydrogen) atoms. The predicted octanol–water partition coefficient (Wildman–Crippen LogP) is 3.57. The molecule has 126 valence electrons. The van der Waals surface area contributed by atoms with E-state index in [9.17, 15) is 13.2 Å². The van der Waals surface area contributed by atoms with Crippen molar-refractivity contribution in [3.05, 3.63) is 30.1 Å². The van der Waals surface area contributed by atoms with Crippen LogP contribution in [0.15, 0.2) is 29.3 Å². The minimum absolute atomic E-state index is 0.150. The van der Waals surface area contributed by atoms with Gasteiger partial charge in [0.1, 0.15) is 5.03 Å². The highest BCUT2D eigenvalue weighted by Gasteiger charge is 2.38. The Balaban J connectivity index is 1.91. The van der Waals surface area contributed by atoms with Crippen LogP contribution in [0.4, 0.5) is 13.2 Å². The lowest BCUT2D eigenvalue weighted by atomic mass is 10.2. The van der Waals surface area contributed by atoms with Gasteiger partial charge in [-0.3, -0.25) is 4.40 Å². The van der Waals surface area contributed by atoms with E-state index in [-0.39, 0.29) is 10.9 Å². The number of hydrogen-bond acceptors (Lipinski definition) is 5. The van der Waals surface area contributed by atoms with Gasteiger partial charge in [0.2, 0.25) is 5.82 Å². The number of alkyl halides is 3. The fraction of sp³-hybridized carbons (Fsp3) is 0.400. The van der Waals surface area contributed by atoms with Crippen LogP contribution >= 0.6 is 11.8 Å². The molecule has 0 spiro atoms. The highest BCUT2D eigenvalue weighted by molar-refractivity contribution is 8.00. The number of thioether (sulfide) groups is 1. The zero-order valence-electron chi connectivity index (χ0n) is 12.5. The van der Waals surface area contributed by atoms with Gasteiger partial charge in [-0.1, -0.05) is 23.9 Å². The lowest BCUT2D eigenvalue weighted by Gasteiger charge is -2.21. The summed E-state index contributed by atoms with van der Waals surface area (Å²) in [5, 5.41) is 7.89. The Morgan fingerprint density at radius 1 is 1.12 bits per heavy atom. The number of aromatic nitrogens is 4. The second-order valence-electron chi connectivity index (χ2n) is 5.52. The van der Waals surface area contributed by atoms with Gasteiger partial charge in [0, 0.05) is 18.5 Å². The number of ether oxygens (including phenoxy) is 1. The first kappa shape index (κ1) is 15.6. The summed E-state index contributed by atoms with van der Waals surface area (Å²) in [7, 11) is 0. The van der Waals surface area contributed by atoms with E-state index in [0.717, 1.165) is 17.2 Å². The zero-order chi connectivity index (χ0) is 16.7. The van der Waals surface area contributed by atoms with Gasteiger partial charge in [-0.05, 0) is 25.0 Å². The Labute approximate surface area is 139 Å². The number of para-hydroxylation sites is 2. The fourth-order valence-corrected chi connectivity index (χ4v) is 3.90. The van der Waals surface area contributed by atoms with E-state index in [1.54, 1.807) is 24.3 Å². The number of halogens is 3. The first-order valence-electron chi connectivity index (χ1n) is 7.49. The van der Waals surface area contributed by atoms with Crippen molar-refractivity contribution < 1.29 is 17.9 Å². The van der Waals surface area contributed by atoms with Crippen molar-refractivity contribution in [3.8, 4) is 0 Å². The Bertz CT molecular complexity index is 889. The van der Waals surface area contributed by atoms with E-state index >= 15 is 0 Å². The van der Waals surface area contributed by atoms with Crippen LogP contribution in [0.3, 0.4) is 0 Å². The molecule has 1 aromatic carbocycles. The van der Waals surface area contributed by atoms with Crippen LogP contribution in [-0.2, 0) is 10.9 Å². The molecule has 2 aromatic heterocycles. The van der Waals surface area contributed by atoms with Crippen LogP contribution in [0.1, 0.15) is 18.7 Å². The predicted molar refractivity (Wildman–Crippen MR) is 83.0 cm³/mol. The number of benzene rings is 1. The van der Waals surface area contributed by atoms with Crippen molar-refractivity contribution in [2.45, 2.75) is 29.3 Å². The maximum absolute atomic E-state index is 13.3. The molecule has 0 saturated carbocycles. The Morgan fingerprint density at radius 3 is 2.62 bits per heavy atom. The summed E-state index contributed by atoms with van der Waals surface area (Å²) >= 11 is 1.45. The molecule has 9 heteroatoms. The van der Waals surface area contributed by atoms with Crippen molar-refractivity contribution in [2.24, 2.45) is 0 Å². The van der Waals surface area contributed by atoms with Crippen molar-refractivity contribution in [3.63, 3.8) is 0 Å². The van der Waals surface area contributed by atoms with E-state index < -0.39 is 12.0 Å². The monoisotopic (exact) mass is 354 g/mol. The summed E-state index contributed by atoms with van der Waals surface area (Å²) in [6.07, 6.45) is -2.90. The van der Waals surface area contributed by atoms with Crippen LogP contribution in [0, 0.1) is 0 Å². The average molecular weight is 354 g/mol. The quantitative estimate of drug-likeness (QED) is 0.704. The highest BCUT2D eigenvalue weighted by atomic mass is 32.2. The van der Waals surface area contributed by atoms with Crippen LogP contribution in [0.25, 0.3) is 16.7 Å². The molecule has 3 aromatic rings. The van der Waals surface area contributed by atoms with Crippen LogP contribution in [0.5, 0.6) is 0 Å². The molecule has 1 fully saturated rings. The Morgan fingerprint density at radius 2 is 1.88 bits per heavy atom. The summed E-state index contributed by atoms with van der Waals surface area (Å²) in [6.45, 7) is 1.31. The third kappa shape index (κ3) is 2.71.